The van der Waals surface area contributed by atoms with E-state index in [4.69, 9.17) is 20.6 Å². The fourth-order valence-electron chi connectivity index (χ4n) is 5.15. The van der Waals surface area contributed by atoms with Gasteiger partial charge < -0.3 is 25.6 Å². The molecule has 5 rings (SSSR count). The van der Waals surface area contributed by atoms with Gasteiger partial charge in [0.15, 0.2) is 12.3 Å². The van der Waals surface area contributed by atoms with Crippen LogP contribution in [0.1, 0.15) is 66.0 Å². The highest BCUT2D eigenvalue weighted by atomic mass is 16.5. The van der Waals surface area contributed by atoms with Gasteiger partial charge in [-0.2, -0.15) is 9.61 Å². The summed E-state index contributed by atoms with van der Waals surface area (Å²) in [5, 5.41) is 7.89. The van der Waals surface area contributed by atoms with Crippen molar-refractivity contribution in [3.63, 3.8) is 0 Å². The van der Waals surface area contributed by atoms with Gasteiger partial charge in [0.2, 0.25) is 0 Å². The predicted octanol–water partition coefficient (Wildman–Crippen LogP) is 2.45. The highest BCUT2D eigenvalue weighted by molar-refractivity contribution is 5.97. The third kappa shape index (κ3) is 5.11. The third-order valence-electron chi connectivity index (χ3n) is 7.12. The molecule has 10 heteroatoms. The SMILES string of the molecule is CCCc1cc2n3nc(cc3n1)C1CCCCN1C(=O)c1cc(CN)ccc1OCC(=O)NCCN2C. The van der Waals surface area contributed by atoms with E-state index in [2.05, 4.69) is 23.2 Å². The highest BCUT2D eigenvalue weighted by Crippen LogP contribution is 2.34. The molecule has 2 aliphatic rings. The topological polar surface area (TPSA) is 118 Å². The fourth-order valence-corrected chi connectivity index (χ4v) is 5.15. The van der Waals surface area contributed by atoms with E-state index in [-0.39, 0.29) is 24.5 Å². The number of benzene rings is 1. The van der Waals surface area contributed by atoms with Crippen molar-refractivity contribution in [2.24, 2.45) is 5.73 Å². The lowest BCUT2D eigenvalue weighted by Gasteiger charge is -2.35. The first-order chi connectivity index (χ1) is 18.0. The lowest BCUT2D eigenvalue weighted by atomic mass is 9.97. The zero-order chi connectivity index (χ0) is 25.9. The normalized spacial score (nSPS) is 18.9. The largest absolute Gasteiger partial charge is 0.483 e. The zero-order valence-corrected chi connectivity index (χ0v) is 21.6. The number of piperidine rings is 1. The summed E-state index contributed by atoms with van der Waals surface area (Å²) >= 11 is 0. The van der Waals surface area contributed by atoms with Crippen molar-refractivity contribution in [3.05, 3.63) is 52.8 Å². The van der Waals surface area contributed by atoms with Crippen molar-refractivity contribution in [2.45, 2.75) is 51.6 Å². The maximum absolute atomic E-state index is 14.0. The van der Waals surface area contributed by atoms with E-state index in [1.807, 2.05) is 28.6 Å². The Morgan fingerprint density at radius 3 is 2.84 bits per heavy atom. The summed E-state index contributed by atoms with van der Waals surface area (Å²) in [5.41, 5.74) is 9.73. The Morgan fingerprint density at radius 2 is 2.03 bits per heavy atom. The lowest BCUT2D eigenvalue weighted by molar-refractivity contribution is -0.123. The third-order valence-corrected chi connectivity index (χ3v) is 7.12. The van der Waals surface area contributed by atoms with Crippen molar-refractivity contribution in [1.82, 2.24) is 24.8 Å². The molecule has 1 saturated heterocycles. The number of hydrogen-bond donors (Lipinski definition) is 2. The van der Waals surface area contributed by atoms with E-state index in [1.165, 1.54) is 0 Å². The number of ether oxygens (including phenoxy) is 1. The summed E-state index contributed by atoms with van der Waals surface area (Å²) in [6.07, 6.45) is 4.59. The van der Waals surface area contributed by atoms with Crippen LogP contribution in [-0.2, 0) is 17.8 Å². The Morgan fingerprint density at radius 1 is 1.16 bits per heavy atom. The molecule has 3 aromatic rings. The van der Waals surface area contributed by atoms with Crippen LogP contribution in [0.2, 0.25) is 0 Å². The van der Waals surface area contributed by atoms with Crippen molar-refractivity contribution in [1.29, 1.82) is 0 Å². The standard InChI is InChI=1S/C27H35N7O3/c1-3-6-19-14-26-32(2)12-10-29-25(35)17-37-23-9-8-18(16-28)13-20(23)27(36)33-11-5-4-7-22(33)21-15-24(30-19)34(26)31-21/h8-9,13-15,22H,3-7,10-12,16-17,28H2,1-2H3,(H,29,35). The molecule has 0 aliphatic carbocycles. The molecular formula is C27H35N7O3. The van der Waals surface area contributed by atoms with E-state index >= 15 is 0 Å². The van der Waals surface area contributed by atoms with Gasteiger partial charge in [-0.3, -0.25) is 9.59 Å². The summed E-state index contributed by atoms with van der Waals surface area (Å²) in [5.74, 6) is 0.903. The highest BCUT2D eigenvalue weighted by Gasteiger charge is 2.33. The van der Waals surface area contributed by atoms with Crippen molar-refractivity contribution < 1.29 is 14.3 Å². The van der Waals surface area contributed by atoms with Gasteiger partial charge in [0.25, 0.3) is 11.8 Å². The molecule has 2 amide bonds. The maximum atomic E-state index is 14.0. The molecule has 3 N–H and O–H groups in total. The molecule has 2 aliphatic heterocycles. The lowest BCUT2D eigenvalue weighted by Crippen LogP contribution is -2.39. The summed E-state index contributed by atoms with van der Waals surface area (Å²) in [6, 6.07) is 9.24. The van der Waals surface area contributed by atoms with Crippen LogP contribution in [0.4, 0.5) is 5.82 Å². The average molecular weight is 506 g/mol. The molecular weight excluding hydrogens is 470 g/mol. The second kappa shape index (κ2) is 10.8. The number of aromatic nitrogens is 3. The number of nitrogens with zero attached hydrogens (tertiary/aromatic N) is 5. The molecule has 37 heavy (non-hydrogen) atoms. The van der Waals surface area contributed by atoms with Gasteiger partial charge in [-0.1, -0.05) is 19.4 Å². The first-order valence-electron chi connectivity index (χ1n) is 13.1. The van der Waals surface area contributed by atoms with Crippen LogP contribution < -0.4 is 20.7 Å². The van der Waals surface area contributed by atoms with Gasteiger partial charge in [0, 0.05) is 51.1 Å². The number of aryl methyl sites for hydroxylation is 1. The number of nitrogens with two attached hydrogens (primary N) is 1. The number of fused-ring (bicyclic) bond motifs is 4. The van der Waals surface area contributed by atoms with Gasteiger partial charge in [-0.15, -0.1) is 0 Å². The summed E-state index contributed by atoms with van der Waals surface area (Å²) in [7, 11) is 1.99. The molecule has 196 valence electrons. The van der Waals surface area contributed by atoms with Gasteiger partial charge in [0.1, 0.15) is 11.6 Å². The minimum absolute atomic E-state index is 0.142. The van der Waals surface area contributed by atoms with Crippen LogP contribution in [0, 0.1) is 0 Å². The Labute approximate surface area is 216 Å². The molecule has 0 spiro atoms. The number of likely N-dealkylation sites (N-methyl/N-ethyl adjacent to an activating group) is 1. The van der Waals surface area contributed by atoms with Crippen LogP contribution in [0.5, 0.6) is 5.75 Å². The zero-order valence-electron chi connectivity index (χ0n) is 21.6. The van der Waals surface area contributed by atoms with Crippen LogP contribution in [0.15, 0.2) is 30.3 Å². The Bertz CT molecular complexity index is 1300. The molecule has 2 aromatic heterocycles. The summed E-state index contributed by atoms with van der Waals surface area (Å²) in [4.78, 5) is 35.4. The first kappa shape index (κ1) is 25.0. The molecule has 4 heterocycles. The molecule has 0 radical (unpaired) electrons. The van der Waals surface area contributed by atoms with E-state index < -0.39 is 0 Å². The van der Waals surface area contributed by atoms with E-state index in [1.54, 1.807) is 12.1 Å². The number of anilines is 1. The molecule has 1 fully saturated rings. The number of rotatable bonds is 3. The molecule has 10 nitrogen and oxygen atoms in total. The fraction of sp³-hybridized carbons (Fsp3) is 0.481. The molecule has 1 atom stereocenters. The molecule has 0 saturated carbocycles. The smallest absolute Gasteiger partial charge is 0.258 e. The quantitative estimate of drug-likeness (QED) is 0.561. The summed E-state index contributed by atoms with van der Waals surface area (Å²) in [6.45, 7) is 3.92. The molecule has 1 unspecified atom stereocenters. The number of carbonyl (C=O) groups is 2. The van der Waals surface area contributed by atoms with E-state index in [9.17, 15) is 9.59 Å². The van der Waals surface area contributed by atoms with Crippen molar-refractivity contribution >= 4 is 23.3 Å². The number of nitrogens with one attached hydrogen (secondary N) is 1. The number of carbonyl (C=O) groups excluding carboxylic acids is 2. The van der Waals surface area contributed by atoms with Gasteiger partial charge in [-0.05, 0) is 43.4 Å². The van der Waals surface area contributed by atoms with Crippen LogP contribution in [0.3, 0.4) is 0 Å². The first-order valence-corrected chi connectivity index (χ1v) is 13.1. The van der Waals surface area contributed by atoms with Gasteiger partial charge in [0.05, 0.1) is 17.3 Å². The summed E-state index contributed by atoms with van der Waals surface area (Å²) < 4.78 is 7.72. The Kier molecular flexibility index (Phi) is 7.27. The number of hydrogen-bond acceptors (Lipinski definition) is 7. The predicted molar refractivity (Wildman–Crippen MR) is 141 cm³/mol. The van der Waals surface area contributed by atoms with Gasteiger partial charge in [-0.25, -0.2) is 4.98 Å². The molecule has 2 bridgehead atoms. The van der Waals surface area contributed by atoms with E-state index in [0.717, 1.165) is 60.5 Å². The van der Waals surface area contributed by atoms with E-state index in [0.29, 0.717) is 37.5 Å². The second-order valence-electron chi connectivity index (χ2n) is 9.80. The second-order valence-corrected chi connectivity index (χ2v) is 9.80. The van der Waals surface area contributed by atoms with Crippen molar-refractivity contribution in [2.75, 3.05) is 38.2 Å². The van der Waals surface area contributed by atoms with Gasteiger partial charge >= 0.3 is 0 Å². The Balaban J connectivity index is 1.63. The minimum atomic E-state index is -0.245. The maximum Gasteiger partial charge on any atom is 0.258 e. The monoisotopic (exact) mass is 505 g/mol. The Hall–Kier alpha value is -3.66. The van der Waals surface area contributed by atoms with Crippen LogP contribution >= 0.6 is 0 Å². The van der Waals surface area contributed by atoms with Crippen LogP contribution in [0.25, 0.3) is 5.65 Å². The van der Waals surface area contributed by atoms with Crippen LogP contribution in [-0.4, -0.2) is 64.6 Å². The number of amides is 2. The molecule has 1 aromatic carbocycles. The minimum Gasteiger partial charge on any atom is -0.483 e. The average Bonchev–Trinajstić information content (AvgIpc) is 3.34. The van der Waals surface area contributed by atoms with Crippen molar-refractivity contribution in [3.8, 4) is 5.75 Å².